The summed E-state index contributed by atoms with van der Waals surface area (Å²) in [4.78, 5) is 30.6. The van der Waals surface area contributed by atoms with Crippen molar-refractivity contribution < 1.29 is 13.2 Å². The van der Waals surface area contributed by atoms with Gasteiger partial charge in [-0.05, 0) is 31.0 Å². The van der Waals surface area contributed by atoms with E-state index in [1.54, 1.807) is 13.0 Å². The summed E-state index contributed by atoms with van der Waals surface area (Å²) in [7, 11) is -3.85. The molecule has 1 heterocycles. The molecule has 1 aromatic heterocycles. The van der Waals surface area contributed by atoms with Crippen molar-refractivity contribution in [2.45, 2.75) is 36.7 Å². The third-order valence-corrected chi connectivity index (χ3v) is 5.22. The highest BCUT2D eigenvalue weighted by Crippen LogP contribution is 2.20. The topological polar surface area (TPSA) is 135 Å². The fourth-order valence-electron chi connectivity index (χ4n) is 2.17. The van der Waals surface area contributed by atoms with Crippen molar-refractivity contribution in [3.05, 3.63) is 45.9 Å². The maximum atomic E-state index is 12.2. The van der Waals surface area contributed by atoms with Crippen LogP contribution in [0.5, 0.6) is 0 Å². The zero-order valence-electron chi connectivity index (χ0n) is 14.4. The van der Waals surface area contributed by atoms with E-state index in [0.717, 1.165) is 18.2 Å². The molecular formula is C16H20N4O4S2. The molecule has 10 heteroatoms. The normalized spacial score (nSPS) is 11.3. The van der Waals surface area contributed by atoms with E-state index in [9.17, 15) is 18.0 Å². The maximum Gasteiger partial charge on any atom is 0.251 e. The maximum absolute atomic E-state index is 12.2. The number of carbonyl (C=O) groups excluding carboxylic acids is 1. The second-order valence-corrected chi connectivity index (χ2v) is 8.18. The molecule has 0 aliphatic heterocycles. The lowest BCUT2D eigenvalue weighted by atomic mass is 10.2. The molecule has 0 aliphatic carbocycles. The number of anilines is 1. The lowest BCUT2D eigenvalue weighted by Gasteiger charge is -2.10. The van der Waals surface area contributed by atoms with Crippen LogP contribution in [0.1, 0.15) is 24.6 Å². The van der Waals surface area contributed by atoms with Crippen LogP contribution in [-0.2, 0) is 21.2 Å². The summed E-state index contributed by atoms with van der Waals surface area (Å²) in [6, 6.07) is 5.70. The van der Waals surface area contributed by atoms with Gasteiger partial charge < -0.3 is 10.3 Å². The minimum absolute atomic E-state index is 0.0115. The minimum atomic E-state index is -3.85. The van der Waals surface area contributed by atoms with Gasteiger partial charge in [0.1, 0.15) is 0 Å². The third kappa shape index (κ3) is 5.68. The summed E-state index contributed by atoms with van der Waals surface area (Å²) in [5, 5.41) is 8.12. The predicted molar refractivity (Wildman–Crippen MR) is 101 cm³/mol. The Morgan fingerprint density at radius 2 is 2.08 bits per heavy atom. The molecule has 0 bridgehead atoms. The molecule has 0 atom stereocenters. The van der Waals surface area contributed by atoms with Gasteiger partial charge in [-0.15, -0.1) is 0 Å². The highest BCUT2D eigenvalue weighted by molar-refractivity contribution is 7.99. The Kier molecular flexibility index (Phi) is 6.57. The van der Waals surface area contributed by atoms with E-state index in [0.29, 0.717) is 28.5 Å². The number of nitrogens with one attached hydrogen (secondary N) is 2. The zero-order chi connectivity index (χ0) is 19.3. The van der Waals surface area contributed by atoms with Gasteiger partial charge in [0.25, 0.3) is 5.56 Å². The first kappa shape index (κ1) is 20.1. The van der Waals surface area contributed by atoms with E-state index < -0.39 is 10.0 Å². The Bertz CT molecular complexity index is 970. The third-order valence-electron chi connectivity index (χ3n) is 3.43. The van der Waals surface area contributed by atoms with Crippen LogP contribution < -0.4 is 16.0 Å². The molecule has 1 amide bonds. The zero-order valence-corrected chi connectivity index (χ0v) is 16.0. The largest absolute Gasteiger partial charge is 0.325 e. The molecule has 8 nitrogen and oxygen atoms in total. The molecule has 4 N–H and O–H groups in total. The summed E-state index contributed by atoms with van der Waals surface area (Å²) in [5.41, 5.74) is 1.48. The number of hydrogen-bond donors (Lipinski definition) is 3. The minimum Gasteiger partial charge on any atom is -0.325 e. The van der Waals surface area contributed by atoms with Gasteiger partial charge in [-0.2, -0.15) is 0 Å². The van der Waals surface area contributed by atoms with Crippen LogP contribution in [-0.4, -0.2) is 30.0 Å². The molecule has 0 fully saturated rings. The summed E-state index contributed by atoms with van der Waals surface area (Å²) >= 11 is 1.10. The predicted octanol–water partition coefficient (Wildman–Crippen LogP) is 1.41. The molecule has 0 saturated heterocycles. The van der Waals surface area contributed by atoms with Gasteiger partial charge in [-0.3, -0.25) is 9.59 Å². The lowest BCUT2D eigenvalue weighted by molar-refractivity contribution is -0.113. The molecular weight excluding hydrogens is 376 g/mol. The van der Waals surface area contributed by atoms with Crippen LogP contribution in [0.2, 0.25) is 0 Å². The van der Waals surface area contributed by atoms with Gasteiger partial charge in [0.05, 0.1) is 10.6 Å². The van der Waals surface area contributed by atoms with E-state index in [2.05, 4.69) is 15.3 Å². The van der Waals surface area contributed by atoms with Gasteiger partial charge >= 0.3 is 0 Å². The molecule has 26 heavy (non-hydrogen) atoms. The molecule has 2 rings (SSSR count). The summed E-state index contributed by atoms with van der Waals surface area (Å²) in [5.74, 6) is -0.342. The highest BCUT2D eigenvalue weighted by Gasteiger charge is 2.12. The number of aromatic nitrogens is 2. The van der Waals surface area contributed by atoms with Gasteiger partial charge in [0.2, 0.25) is 15.9 Å². The van der Waals surface area contributed by atoms with Gasteiger partial charge in [-0.25, -0.2) is 18.5 Å². The Morgan fingerprint density at radius 1 is 1.35 bits per heavy atom. The summed E-state index contributed by atoms with van der Waals surface area (Å²) in [6.07, 6.45) is 1.55. The average Bonchev–Trinajstić information content (AvgIpc) is 2.54. The number of H-pyrrole nitrogens is 1. The number of rotatable bonds is 7. The van der Waals surface area contributed by atoms with Crippen LogP contribution in [0.4, 0.5) is 5.69 Å². The van der Waals surface area contributed by atoms with Crippen LogP contribution >= 0.6 is 11.8 Å². The molecule has 0 spiro atoms. The number of thioether (sulfide) groups is 1. The fourth-order valence-corrected chi connectivity index (χ4v) is 3.40. The van der Waals surface area contributed by atoms with Gasteiger partial charge in [0.15, 0.2) is 5.16 Å². The number of aryl methyl sites for hydroxylation is 2. The van der Waals surface area contributed by atoms with E-state index >= 15 is 0 Å². The van der Waals surface area contributed by atoms with Crippen molar-refractivity contribution in [1.29, 1.82) is 0 Å². The van der Waals surface area contributed by atoms with Crippen LogP contribution in [0.25, 0.3) is 0 Å². The van der Waals surface area contributed by atoms with E-state index in [4.69, 9.17) is 5.14 Å². The monoisotopic (exact) mass is 396 g/mol. The number of nitrogens with two attached hydrogens (primary N) is 1. The number of sulfonamides is 1. The highest BCUT2D eigenvalue weighted by atomic mass is 32.2. The summed E-state index contributed by atoms with van der Waals surface area (Å²) < 4.78 is 22.9. The smallest absolute Gasteiger partial charge is 0.251 e. The van der Waals surface area contributed by atoms with E-state index in [1.165, 1.54) is 18.2 Å². The molecule has 1 aromatic carbocycles. The first-order valence-electron chi connectivity index (χ1n) is 7.85. The SMILES string of the molecule is CCCc1cc(=O)[nH]c(SCC(=O)Nc2cc(S(N)(=O)=O)ccc2C)n1. The molecule has 0 radical (unpaired) electrons. The number of amides is 1. The molecule has 0 aliphatic rings. The van der Waals surface area contributed by atoms with Crippen LogP contribution in [0.3, 0.4) is 0 Å². The number of aromatic amines is 1. The first-order valence-corrected chi connectivity index (χ1v) is 10.4. The van der Waals surface area contributed by atoms with E-state index in [-0.39, 0.29) is 22.1 Å². The molecule has 0 unspecified atom stereocenters. The Morgan fingerprint density at radius 3 is 2.73 bits per heavy atom. The molecule has 2 aromatic rings. The second kappa shape index (κ2) is 8.47. The first-order chi connectivity index (χ1) is 12.2. The lowest BCUT2D eigenvalue weighted by Crippen LogP contribution is -2.17. The van der Waals surface area contributed by atoms with Crippen molar-refractivity contribution >= 4 is 33.4 Å². The Labute approximate surface area is 155 Å². The van der Waals surface area contributed by atoms with Gasteiger partial charge in [-0.1, -0.05) is 31.2 Å². The van der Waals surface area contributed by atoms with Crippen LogP contribution in [0.15, 0.2) is 39.1 Å². The second-order valence-electron chi connectivity index (χ2n) is 5.65. The fraction of sp³-hybridized carbons (Fsp3) is 0.312. The Balaban J connectivity index is 2.07. The van der Waals surface area contributed by atoms with Crippen LogP contribution in [0, 0.1) is 6.92 Å². The molecule has 0 saturated carbocycles. The number of benzene rings is 1. The quantitative estimate of drug-likeness (QED) is 0.478. The standard InChI is InChI=1S/C16H20N4O4S2/c1-3-4-11-7-14(21)20-16(18-11)25-9-15(22)19-13-8-12(26(17,23)24)6-5-10(13)2/h5-8H,3-4,9H2,1-2H3,(H,19,22)(H2,17,23,24)(H,18,20,21). The Hall–Kier alpha value is -2.17. The number of carbonyl (C=O) groups is 1. The molecule has 140 valence electrons. The van der Waals surface area contributed by atoms with Crippen molar-refractivity contribution in [1.82, 2.24) is 9.97 Å². The van der Waals surface area contributed by atoms with Crippen molar-refractivity contribution in [3.8, 4) is 0 Å². The number of hydrogen-bond acceptors (Lipinski definition) is 6. The van der Waals surface area contributed by atoms with Crippen molar-refractivity contribution in [2.75, 3.05) is 11.1 Å². The number of primary sulfonamides is 1. The average molecular weight is 396 g/mol. The number of nitrogens with zero attached hydrogens (tertiary/aromatic N) is 1. The van der Waals surface area contributed by atoms with Gasteiger partial charge in [0, 0.05) is 17.4 Å². The van der Waals surface area contributed by atoms with Crippen molar-refractivity contribution in [3.63, 3.8) is 0 Å². The summed E-state index contributed by atoms with van der Waals surface area (Å²) in [6.45, 7) is 3.73. The van der Waals surface area contributed by atoms with Crippen molar-refractivity contribution in [2.24, 2.45) is 5.14 Å². The van der Waals surface area contributed by atoms with E-state index in [1.807, 2.05) is 6.92 Å².